The number of ether oxygens (including phenoxy) is 1. The molecule has 0 aromatic heterocycles. The van der Waals surface area contributed by atoms with Crippen LogP contribution in [0.25, 0.3) is 0 Å². The van der Waals surface area contributed by atoms with E-state index in [4.69, 9.17) is 10.5 Å². The van der Waals surface area contributed by atoms with E-state index in [1.54, 1.807) is 7.11 Å². The summed E-state index contributed by atoms with van der Waals surface area (Å²) in [5.41, 5.74) is 6.42. The van der Waals surface area contributed by atoms with Gasteiger partial charge < -0.3 is 10.5 Å². The summed E-state index contributed by atoms with van der Waals surface area (Å²) < 4.78 is 5.11. The molecule has 3 atom stereocenters. The van der Waals surface area contributed by atoms with Gasteiger partial charge in [-0.3, -0.25) is 0 Å². The zero-order valence-corrected chi connectivity index (χ0v) is 9.18. The number of rotatable bonds is 4. The van der Waals surface area contributed by atoms with Crippen LogP contribution in [0.3, 0.4) is 0 Å². The summed E-state index contributed by atoms with van der Waals surface area (Å²) in [6.45, 7) is 5.59. The van der Waals surface area contributed by atoms with Crippen LogP contribution in [-0.4, -0.2) is 19.8 Å². The van der Waals surface area contributed by atoms with Crippen molar-refractivity contribution in [3.05, 3.63) is 0 Å². The zero-order chi connectivity index (χ0) is 9.90. The molecule has 0 saturated heterocycles. The Kier molecular flexibility index (Phi) is 3.74. The third-order valence-electron chi connectivity index (χ3n) is 3.76. The van der Waals surface area contributed by atoms with E-state index in [-0.39, 0.29) is 0 Å². The number of hydrogen-bond acceptors (Lipinski definition) is 2. The zero-order valence-electron chi connectivity index (χ0n) is 9.18. The summed E-state index contributed by atoms with van der Waals surface area (Å²) >= 11 is 0. The topological polar surface area (TPSA) is 35.2 Å². The van der Waals surface area contributed by atoms with Crippen molar-refractivity contribution >= 4 is 0 Å². The first kappa shape index (κ1) is 11.0. The van der Waals surface area contributed by atoms with E-state index in [2.05, 4.69) is 13.8 Å². The number of hydrogen-bond donors (Lipinski definition) is 1. The van der Waals surface area contributed by atoms with E-state index in [0.29, 0.717) is 11.5 Å². The van der Waals surface area contributed by atoms with Gasteiger partial charge in [-0.15, -0.1) is 0 Å². The molecule has 78 valence electrons. The first-order valence-corrected chi connectivity index (χ1v) is 5.33. The quantitative estimate of drug-likeness (QED) is 0.728. The second kappa shape index (κ2) is 4.43. The average Bonchev–Trinajstić information content (AvgIpc) is 2.43. The molecule has 0 radical (unpaired) electrons. The minimum absolute atomic E-state index is 0.440. The minimum atomic E-state index is 0.440. The lowest BCUT2D eigenvalue weighted by molar-refractivity contribution is 0.128. The second-order valence-electron chi connectivity index (χ2n) is 4.84. The van der Waals surface area contributed by atoms with Crippen molar-refractivity contribution in [2.24, 2.45) is 17.1 Å². The van der Waals surface area contributed by atoms with Crippen molar-refractivity contribution in [2.75, 3.05) is 13.7 Å². The Balaban J connectivity index is 2.40. The molecule has 0 heterocycles. The van der Waals surface area contributed by atoms with Crippen LogP contribution in [-0.2, 0) is 4.74 Å². The van der Waals surface area contributed by atoms with Crippen LogP contribution in [0.4, 0.5) is 0 Å². The fourth-order valence-electron chi connectivity index (χ4n) is 2.41. The van der Waals surface area contributed by atoms with Crippen molar-refractivity contribution < 1.29 is 4.74 Å². The second-order valence-corrected chi connectivity index (χ2v) is 4.84. The van der Waals surface area contributed by atoms with Crippen LogP contribution in [0.1, 0.15) is 39.5 Å². The van der Waals surface area contributed by atoms with Crippen LogP contribution in [0.15, 0.2) is 0 Å². The van der Waals surface area contributed by atoms with Gasteiger partial charge in [0.2, 0.25) is 0 Å². The van der Waals surface area contributed by atoms with E-state index < -0.39 is 0 Å². The van der Waals surface area contributed by atoms with E-state index in [1.807, 2.05) is 0 Å². The summed E-state index contributed by atoms with van der Waals surface area (Å²) in [4.78, 5) is 0. The van der Waals surface area contributed by atoms with Crippen LogP contribution < -0.4 is 5.73 Å². The van der Waals surface area contributed by atoms with E-state index in [1.165, 1.54) is 25.7 Å². The van der Waals surface area contributed by atoms with Gasteiger partial charge in [0, 0.05) is 19.8 Å². The molecule has 2 N–H and O–H groups in total. The number of nitrogens with two attached hydrogens (primary N) is 1. The van der Waals surface area contributed by atoms with Crippen molar-refractivity contribution in [1.82, 2.24) is 0 Å². The van der Waals surface area contributed by atoms with E-state index in [0.717, 1.165) is 12.5 Å². The Hall–Kier alpha value is -0.0800. The molecule has 1 fully saturated rings. The normalized spacial score (nSPS) is 36.5. The van der Waals surface area contributed by atoms with Crippen molar-refractivity contribution in [3.63, 3.8) is 0 Å². The Labute approximate surface area is 81.8 Å². The largest absolute Gasteiger partial charge is 0.385 e. The van der Waals surface area contributed by atoms with Crippen LogP contribution >= 0.6 is 0 Å². The predicted molar refractivity (Wildman–Crippen MR) is 55.6 cm³/mol. The van der Waals surface area contributed by atoms with Crippen molar-refractivity contribution in [3.8, 4) is 0 Å². The van der Waals surface area contributed by atoms with Crippen molar-refractivity contribution in [1.29, 1.82) is 0 Å². The van der Waals surface area contributed by atoms with Gasteiger partial charge in [-0.05, 0) is 37.0 Å². The van der Waals surface area contributed by atoms with Gasteiger partial charge in [0.15, 0.2) is 0 Å². The third-order valence-corrected chi connectivity index (χ3v) is 3.76. The van der Waals surface area contributed by atoms with Gasteiger partial charge >= 0.3 is 0 Å². The molecule has 0 aromatic rings. The van der Waals surface area contributed by atoms with Gasteiger partial charge in [-0.25, -0.2) is 0 Å². The maximum Gasteiger partial charge on any atom is 0.0465 e. The minimum Gasteiger partial charge on any atom is -0.385 e. The Bertz CT molecular complexity index is 160. The molecule has 1 saturated carbocycles. The Morgan fingerprint density at radius 1 is 1.62 bits per heavy atom. The van der Waals surface area contributed by atoms with Gasteiger partial charge in [-0.2, -0.15) is 0 Å². The lowest BCUT2D eigenvalue weighted by Gasteiger charge is -2.31. The summed E-state index contributed by atoms with van der Waals surface area (Å²) in [5.74, 6) is 0.737. The van der Waals surface area contributed by atoms with Gasteiger partial charge in [-0.1, -0.05) is 13.8 Å². The van der Waals surface area contributed by atoms with Gasteiger partial charge in [0.05, 0.1) is 0 Å². The van der Waals surface area contributed by atoms with Crippen LogP contribution in [0.2, 0.25) is 0 Å². The van der Waals surface area contributed by atoms with Gasteiger partial charge in [0.1, 0.15) is 0 Å². The average molecular weight is 185 g/mol. The maximum atomic E-state index is 5.95. The van der Waals surface area contributed by atoms with Crippen molar-refractivity contribution in [2.45, 2.75) is 45.6 Å². The fraction of sp³-hybridized carbons (Fsp3) is 1.00. The lowest BCUT2D eigenvalue weighted by atomic mass is 9.75. The molecular formula is C11H23NO. The molecule has 1 rings (SSSR count). The predicted octanol–water partition coefficient (Wildman–Crippen LogP) is 2.18. The summed E-state index contributed by atoms with van der Waals surface area (Å²) in [7, 11) is 1.77. The highest BCUT2D eigenvalue weighted by Crippen LogP contribution is 2.44. The smallest absolute Gasteiger partial charge is 0.0465 e. The van der Waals surface area contributed by atoms with Crippen LogP contribution in [0.5, 0.6) is 0 Å². The molecule has 0 aromatic carbocycles. The third kappa shape index (κ3) is 2.68. The monoisotopic (exact) mass is 185 g/mol. The molecule has 2 nitrogen and oxygen atoms in total. The molecule has 3 unspecified atom stereocenters. The Morgan fingerprint density at radius 2 is 2.31 bits per heavy atom. The highest BCUT2D eigenvalue weighted by atomic mass is 16.5. The highest BCUT2D eigenvalue weighted by molar-refractivity contribution is 4.90. The molecule has 13 heavy (non-hydrogen) atoms. The summed E-state index contributed by atoms with van der Waals surface area (Å²) in [6, 6.07) is 0.440. The summed E-state index contributed by atoms with van der Waals surface area (Å²) in [6.07, 6.45) is 4.85. The molecule has 0 aliphatic heterocycles. The van der Waals surface area contributed by atoms with Crippen LogP contribution in [0, 0.1) is 11.3 Å². The molecular weight excluding hydrogens is 162 g/mol. The Morgan fingerprint density at radius 3 is 2.77 bits per heavy atom. The number of methoxy groups -OCH3 is 1. The fourth-order valence-corrected chi connectivity index (χ4v) is 2.41. The molecule has 1 aliphatic carbocycles. The molecule has 1 aliphatic rings. The summed E-state index contributed by atoms with van der Waals surface area (Å²) in [5, 5.41) is 0. The maximum absolute atomic E-state index is 5.95. The standard InChI is InChI=1S/C11H23NO/c1-9(5-7-13-3)11(2)6-4-10(12)8-11/h9-10H,4-8,12H2,1-3H3. The first-order valence-electron chi connectivity index (χ1n) is 5.33. The van der Waals surface area contributed by atoms with E-state index in [9.17, 15) is 0 Å². The molecule has 0 bridgehead atoms. The van der Waals surface area contributed by atoms with E-state index >= 15 is 0 Å². The molecule has 0 amide bonds. The molecule has 0 spiro atoms. The van der Waals surface area contributed by atoms with Gasteiger partial charge in [0.25, 0.3) is 0 Å². The lowest BCUT2D eigenvalue weighted by Crippen LogP contribution is -2.26. The molecule has 2 heteroatoms. The first-order chi connectivity index (χ1) is 6.08. The SMILES string of the molecule is COCCC(C)C1(C)CCC(N)C1. The highest BCUT2D eigenvalue weighted by Gasteiger charge is 2.37.